The highest BCUT2D eigenvalue weighted by molar-refractivity contribution is 6.02. The summed E-state index contributed by atoms with van der Waals surface area (Å²) in [5.74, 6) is 1.76. The number of fused-ring (bicyclic) bond motifs is 27. The van der Waals surface area contributed by atoms with Crippen LogP contribution < -0.4 is 14.7 Å². The molecule has 0 N–H and O–H groups in total. The monoisotopic (exact) mass is 1570 g/mol. The van der Waals surface area contributed by atoms with Crippen LogP contribution in [0.15, 0.2) is 419 Å². The Morgan fingerprint density at radius 3 is 0.585 bits per heavy atom. The zero-order valence-electron chi connectivity index (χ0n) is 68.0. The SMILES string of the molecule is Cc1ccc2c(c1)C1(c3cc(-c4ccc(-c5nc(-c6ccc(-c7ccc8c(c7)C7(c9cc(C)ccc9-8)c8ccccc8N(c8ccccc8)c8ccccc87)cc6)nc(-c6ccc(-c7ccc8c(c7)C7(c9cc(C)ccc9-8)c8ccccc8N(c8ccccc8)c8ccccc87)cc6)n5)cc4)ccc3-2)c2ccccc2N(c2ccccc2)c2ccccc21. The van der Waals surface area contributed by atoms with Gasteiger partial charge in [0.25, 0.3) is 0 Å². The lowest BCUT2D eigenvalue weighted by molar-refractivity contribution is 0.752. The van der Waals surface area contributed by atoms with Crippen molar-refractivity contribution < 1.29 is 0 Å². The summed E-state index contributed by atoms with van der Waals surface area (Å²) in [6.45, 7) is 6.67. The van der Waals surface area contributed by atoms with Crippen LogP contribution in [-0.2, 0) is 16.2 Å². The summed E-state index contributed by atoms with van der Waals surface area (Å²) in [6, 6.07) is 156. The van der Waals surface area contributed by atoms with Gasteiger partial charge in [0.15, 0.2) is 17.5 Å². The summed E-state index contributed by atoms with van der Waals surface area (Å²) in [6.07, 6.45) is 0. The molecule has 25 rings (SSSR count). The number of para-hydroxylation sites is 9. The maximum absolute atomic E-state index is 5.50. The third-order valence-corrected chi connectivity index (χ3v) is 27.3. The Morgan fingerprint density at radius 2 is 0.350 bits per heavy atom. The Bertz CT molecular complexity index is 6730. The number of hydrogen-bond donors (Lipinski definition) is 0. The molecule has 0 unspecified atom stereocenters. The quantitative estimate of drug-likeness (QED) is 0.144. The molecule has 0 saturated heterocycles. The van der Waals surface area contributed by atoms with Crippen molar-refractivity contribution in [2.75, 3.05) is 14.7 Å². The molecular formula is C117H78N6. The van der Waals surface area contributed by atoms with Crippen molar-refractivity contribution in [3.63, 3.8) is 0 Å². The Balaban J connectivity index is 0.614. The van der Waals surface area contributed by atoms with Gasteiger partial charge < -0.3 is 14.7 Å². The van der Waals surface area contributed by atoms with Gasteiger partial charge in [0.1, 0.15) is 0 Å². The molecule has 0 atom stereocenters. The van der Waals surface area contributed by atoms with Gasteiger partial charge in [-0.05, 0) is 245 Å². The summed E-state index contributed by atoms with van der Waals surface area (Å²) in [5, 5.41) is 0. The fourth-order valence-corrected chi connectivity index (χ4v) is 22.1. The van der Waals surface area contributed by atoms with Crippen molar-refractivity contribution >= 4 is 51.2 Å². The largest absolute Gasteiger partial charge is 0.310 e. The average molecular weight is 1570 g/mol. The molecule has 3 spiro atoms. The third-order valence-electron chi connectivity index (χ3n) is 27.3. The normalized spacial score (nSPS) is 14.1. The van der Waals surface area contributed by atoms with E-state index >= 15 is 0 Å². The van der Waals surface area contributed by atoms with Crippen LogP contribution in [0.25, 0.3) is 101 Å². The highest BCUT2D eigenvalue weighted by Crippen LogP contribution is 2.68. The molecule has 0 fully saturated rings. The molecule has 576 valence electrons. The van der Waals surface area contributed by atoms with Gasteiger partial charge in [-0.1, -0.05) is 344 Å². The Hall–Kier alpha value is -15.6. The standard InChI is InChI=1S/C117H78N6/c1-73-43-61-88-91-64-58-82(70-103(91)115(100(88)67-73)94-31-13-19-37-106(94)121(85-25-7-4-8-26-85)107-38-20-14-32-95(107)115)76-46-52-79(53-47-76)112-118-113(80-54-48-77(49-55-80)83-59-65-92-89-62-44-74(2)68-101(89)116(104(92)71-83)96-33-15-21-39-108(96)122(86-27-9-5-10-28-86)109-40-22-16-34-97(109)116)120-114(119-112)81-56-50-78(51-57-81)84-60-66-93-90-63-45-75(3)69-102(90)117(105(93)72-84)98-35-17-23-41-110(98)123(87-29-11-6-12-30-87)111-42-24-18-36-99(111)117/h4-72H,1-3H3. The van der Waals surface area contributed by atoms with Gasteiger partial charge in [-0.3, -0.25) is 0 Å². The predicted molar refractivity (Wildman–Crippen MR) is 503 cm³/mol. The summed E-state index contributed by atoms with van der Waals surface area (Å²) in [5.41, 5.74) is 44.5. The van der Waals surface area contributed by atoms with Crippen LogP contribution in [0.2, 0.25) is 0 Å². The van der Waals surface area contributed by atoms with Gasteiger partial charge in [0.2, 0.25) is 0 Å². The first-order valence-corrected chi connectivity index (χ1v) is 42.7. The lowest BCUT2D eigenvalue weighted by atomic mass is 9.64. The minimum absolute atomic E-state index is 0.585. The first-order chi connectivity index (χ1) is 60.7. The van der Waals surface area contributed by atoms with E-state index in [0.29, 0.717) is 17.5 Å². The molecule has 3 aliphatic carbocycles. The molecule has 123 heavy (non-hydrogen) atoms. The van der Waals surface area contributed by atoms with E-state index in [-0.39, 0.29) is 0 Å². The minimum Gasteiger partial charge on any atom is -0.310 e. The summed E-state index contributed by atoms with van der Waals surface area (Å²) < 4.78 is 0. The Labute approximate surface area is 716 Å². The highest BCUT2D eigenvalue weighted by Gasteiger charge is 2.56. The van der Waals surface area contributed by atoms with Crippen molar-refractivity contribution in [3.05, 3.63) is 502 Å². The van der Waals surface area contributed by atoms with E-state index in [9.17, 15) is 0 Å². The molecule has 0 bridgehead atoms. The number of aromatic nitrogens is 3. The second kappa shape index (κ2) is 26.9. The van der Waals surface area contributed by atoms with Crippen molar-refractivity contribution in [3.8, 4) is 101 Å². The van der Waals surface area contributed by atoms with Crippen molar-refractivity contribution in [1.82, 2.24) is 15.0 Å². The smallest absolute Gasteiger partial charge is 0.164 e. The van der Waals surface area contributed by atoms with Crippen LogP contribution in [0, 0.1) is 20.8 Å². The number of aryl methyl sites for hydroxylation is 3. The van der Waals surface area contributed by atoms with Crippen LogP contribution >= 0.6 is 0 Å². The molecule has 19 aromatic rings. The molecule has 0 saturated carbocycles. The zero-order chi connectivity index (χ0) is 81.4. The second-order valence-electron chi connectivity index (χ2n) is 33.8. The molecule has 18 aromatic carbocycles. The van der Waals surface area contributed by atoms with E-state index in [1.807, 2.05) is 0 Å². The van der Waals surface area contributed by atoms with Gasteiger partial charge in [-0.2, -0.15) is 0 Å². The van der Waals surface area contributed by atoms with Gasteiger partial charge in [-0.15, -0.1) is 0 Å². The number of rotatable bonds is 9. The molecule has 0 amide bonds. The van der Waals surface area contributed by atoms with Crippen molar-refractivity contribution in [1.29, 1.82) is 0 Å². The second-order valence-corrected chi connectivity index (χ2v) is 33.8. The number of benzene rings is 18. The van der Waals surface area contributed by atoms with Crippen molar-refractivity contribution in [2.24, 2.45) is 0 Å². The fraction of sp³-hybridized carbons (Fsp3) is 0.0513. The number of hydrogen-bond acceptors (Lipinski definition) is 6. The summed E-state index contributed by atoms with van der Waals surface area (Å²) in [4.78, 5) is 23.8. The lowest BCUT2D eigenvalue weighted by Crippen LogP contribution is -2.36. The average Bonchev–Trinajstić information content (AvgIpc) is 1.55. The van der Waals surface area contributed by atoms with Gasteiger partial charge in [-0.25, -0.2) is 15.0 Å². The van der Waals surface area contributed by atoms with E-state index in [2.05, 4.69) is 454 Å². The molecular weight excluding hydrogens is 1490 g/mol. The van der Waals surface area contributed by atoms with Gasteiger partial charge in [0, 0.05) is 33.8 Å². The lowest BCUT2D eigenvalue weighted by Gasteiger charge is -2.45. The van der Waals surface area contributed by atoms with E-state index in [4.69, 9.17) is 15.0 Å². The van der Waals surface area contributed by atoms with E-state index in [1.165, 1.54) is 151 Å². The molecule has 6 heteroatoms. The predicted octanol–water partition coefficient (Wildman–Crippen LogP) is 29.2. The summed E-state index contributed by atoms with van der Waals surface area (Å²) >= 11 is 0. The summed E-state index contributed by atoms with van der Waals surface area (Å²) in [7, 11) is 0. The maximum atomic E-state index is 5.50. The van der Waals surface area contributed by atoms with Crippen LogP contribution in [-0.4, -0.2) is 15.0 Å². The first-order valence-electron chi connectivity index (χ1n) is 42.7. The van der Waals surface area contributed by atoms with Crippen LogP contribution in [0.1, 0.15) is 83.5 Å². The highest BCUT2D eigenvalue weighted by atomic mass is 15.2. The number of anilines is 9. The minimum atomic E-state index is -0.605. The molecule has 1 aromatic heterocycles. The number of nitrogens with zero attached hydrogens (tertiary/aromatic N) is 6. The first kappa shape index (κ1) is 70.4. The van der Waals surface area contributed by atoms with Crippen LogP contribution in [0.3, 0.4) is 0 Å². The molecule has 3 aliphatic heterocycles. The molecule has 6 aliphatic rings. The molecule has 0 radical (unpaired) electrons. The van der Waals surface area contributed by atoms with Crippen molar-refractivity contribution in [2.45, 2.75) is 37.0 Å². The van der Waals surface area contributed by atoms with E-state index < -0.39 is 16.2 Å². The van der Waals surface area contributed by atoms with E-state index in [1.54, 1.807) is 0 Å². The molecule has 4 heterocycles. The topological polar surface area (TPSA) is 48.4 Å². The third kappa shape index (κ3) is 10.1. The molecule has 6 nitrogen and oxygen atoms in total. The van der Waals surface area contributed by atoms with E-state index in [0.717, 1.165) is 67.1 Å². The van der Waals surface area contributed by atoms with Gasteiger partial charge >= 0.3 is 0 Å². The maximum Gasteiger partial charge on any atom is 0.164 e. The van der Waals surface area contributed by atoms with Gasteiger partial charge in [0.05, 0.1) is 50.4 Å². The fourth-order valence-electron chi connectivity index (χ4n) is 22.1. The Morgan fingerprint density at radius 1 is 0.163 bits per heavy atom. The van der Waals surface area contributed by atoms with Crippen LogP contribution in [0.4, 0.5) is 51.2 Å². The Kier molecular flexibility index (Phi) is 15.4. The zero-order valence-corrected chi connectivity index (χ0v) is 68.0. The van der Waals surface area contributed by atoms with Crippen LogP contribution in [0.5, 0.6) is 0 Å².